The Morgan fingerprint density at radius 1 is 1.00 bits per heavy atom. The van der Waals surface area contributed by atoms with Gasteiger partial charge < -0.3 is 14.5 Å². The van der Waals surface area contributed by atoms with Gasteiger partial charge >= 0.3 is 5.97 Å². The number of nitrogens with one attached hydrogen (secondary N) is 1. The minimum Gasteiger partial charge on any atom is -0.465 e. The van der Waals surface area contributed by atoms with Crippen molar-refractivity contribution in [3.05, 3.63) is 65.1 Å². The number of carbonyl (C=O) groups is 2. The summed E-state index contributed by atoms with van der Waals surface area (Å²) in [4.78, 5) is 24.4. The lowest BCUT2D eigenvalue weighted by molar-refractivity contribution is -0.119. The Labute approximate surface area is 145 Å². The van der Waals surface area contributed by atoms with Crippen molar-refractivity contribution >= 4 is 28.3 Å². The zero-order valence-electron chi connectivity index (χ0n) is 14.4. The van der Waals surface area contributed by atoms with Gasteiger partial charge in [-0.15, -0.1) is 0 Å². The van der Waals surface area contributed by atoms with Crippen LogP contribution in [0.3, 0.4) is 0 Å². The second kappa shape index (κ2) is 6.81. The molecule has 1 amide bonds. The summed E-state index contributed by atoms with van der Waals surface area (Å²) < 4.78 is 10.6. The van der Waals surface area contributed by atoms with E-state index in [2.05, 4.69) is 5.32 Å². The van der Waals surface area contributed by atoms with Gasteiger partial charge in [-0.1, -0.05) is 36.4 Å². The SMILES string of the molecule is Cc1oc(C)c(C(=O)OCC(=O)Nc2cccc3ccccc23)c1C. The zero-order chi connectivity index (χ0) is 18.0. The standard InChI is InChI=1S/C20H19NO4/c1-12-13(2)25-14(3)19(12)20(23)24-11-18(22)21-17-10-6-8-15-7-4-5-9-16(15)17/h4-10H,11H2,1-3H3,(H,21,22). The summed E-state index contributed by atoms with van der Waals surface area (Å²) >= 11 is 0. The van der Waals surface area contributed by atoms with Gasteiger partial charge in [0.25, 0.3) is 5.91 Å². The van der Waals surface area contributed by atoms with Crippen LogP contribution in [0.15, 0.2) is 46.9 Å². The topological polar surface area (TPSA) is 68.5 Å². The molecule has 5 nitrogen and oxygen atoms in total. The predicted octanol–water partition coefficient (Wildman–Crippen LogP) is 4.15. The summed E-state index contributed by atoms with van der Waals surface area (Å²) in [6, 6.07) is 13.4. The lowest BCUT2D eigenvalue weighted by atomic mass is 10.1. The number of benzene rings is 2. The predicted molar refractivity (Wildman–Crippen MR) is 95.8 cm³/mol. The molecule has 0 spiro atoms. The van der Waals surface area contributed by atoms with Crippen molar-refractivity contribution < 1.29 is 18.7 Å². The number of hydrogen-bond donors (Lipinski definition) is 1. The van der Waals surface area contributed by atoms with Gasteiger partial charge in [0.2, 0.25) is 0 Å². The molecule has 0 bridgehead atoms. The molecule has 1 aromatic heterocycles. The molecular weight excluding hydrogens is 318 g/mol. The van der Waals surface area contributed by atoms with Gasteiger partial charge in [-0.2, -0.15) is 0 Å². The van der Waals surface area contributed by atoms with Crippen LogP contribution in [0, 0.1) is 20.8 Å². The van der Waals surface area contributed by atoms with Crippen LogP contribution in [-0.2, 0) is 9.53 Å². The first-order valence-corrected chi connectivity index (χ1v) is 7.98. The van der Waals surface area contributed by atoms with Crippen LogP contribution in [0.5, 0.6) is 0 Å². The maximum absolute atomic E-state index is 12.2. The average molecular weight is 337 g/mol. The van der Waals surface area contributed by atoms with E-state index < -0.39 is 5.97 Å². The molecule has 0 aliphatic rings. The highest BCUT2D eigenvalue weighted by Crippen LogP contribution is 2.23. The average Bonchev–Trinajstić information content (AvgIpc) is 2.85. The first kappa shape index (κ1) is 16.8. The van der Waals surface area contributed by atoms with Crippen molar-refractivity contribution in [3.63, 3.8) is 0 Å². The highest BCUT2D eigenvalue weighted by molar-refractivity contribution is 6.03. The van der Waals surface area contributed by atoms with Crippen LogP contribution in [-0.4, -0.2) is 18.5 Å². The van der Waals surface area contributed by atoms with Gasteiger partial charge in [0, 0.05) is 16.6 Å². The molecule has 0 saturated heterocycles. The fourth-order valence-electron chi connectivity index (χ4n) is 2.82. The number of anilines is 1. The van der Waals surface area contributed by atoms with Gasteiger partial charge in [0.1, 0.15) is 17.1 Å². The van der Waals surface area contributed by atoms with Crippen molar-refractivity contribution in [1.82, 2.24) is 0 Å². The van der Waals surface area contributed by atoms with Crippen LogP contribution in [0.4, 0.5) is 5.69 Å². The number of furan rings is 1. The van der Waals surface area contributed by atoms with E-state index in [1.807, 2.05) is 42.5 Å². The fourth-order valence-corrected chi connectivity index (χ4v) is 2.82. The minimum atomic E-state index is -0.556. The van der Waals surface area contributed by atoms with Crippen molar-refractivity contribution in [2.45, 2.75) is 20.8 Å². The van der Waals surface area contributed by atoms with E-state index in [0.29, 0.717) is 22.8 Å². The van der Waals surface area contributed by atoms with Gasteiger partial charge in [-0.3, -0.25) is 4.79 Å². The molecule has 0 aliphatic carbocycles. The Morgan fingerprint density at radius 2 is 1.72 bits per heavy atom. The van der Waals surface area contributed by atoms with Crippen LogP contribution in [0.2, 0.25) is 0 Å². The number of ether oxygens (including phenoxy) is 1. The summed E-state index contributed by atoms with van der Waals surface area (Å²) in [5.41, 5.74) is 1.80. The third-order valence-corrected chi connectivity index (χ3v) is 4.16. The molecule has 0 radical (unpaired) electrons. The first-order valence-electron chi connectivity index (χ1n) is 7.98. The van der Waals surface area contributed by atoms with E-state index in [4.69, 9.17) is 9.15 Å². The van der Waals surface area contributed by atoms with Crippen molar-refractivity contribution in [3.8, 4) is 0 Å². The highest BCUT2D eigenvalue weighted by atomic mass is 16.5. The van der Waals surface area contributed by atoms with Gasteiger partial charge in [-0.05, 0) is 32.2 Å². The molecule has 0 atom stereocenters. The fraction of sp³-hybridized carbons (Fsp3) is 0.200. The Hall–Kier alpha value is -3.08. The summed E-state index contributed by atoms with van der Waals surface area (Å²) in [7, 11) is 0. The van der Waals surface area contributed by atoms with E-state index in [-0.39, 0.29) is 12.5 Å². The molecular formula is C20H19NO4. The minimum absolute atomic E-state index is 0.356. The first-order chi connectivity index (χ1) is 12.0. The number of rotatable bonds is 4. The number of esters is 1. The summed E-state index contributed by atoms with van der Waals surface area (Å²) in [6.07, 6.45) is 0. The summed E-state index contributed by atoms with van der Waals surface area (Å²) in [5, 5.41) is 4.74. The molecule has 0 unspecified atom stereocenters. The molecule has 0 saturated carbocycles. The summed E-state index contributed by atoms with van der Waals surface area (Å²) in [5.74, 6) is 0.222. The molecule has 2 aromatic carbocycles. The maximum atomic E-state index is 12.2. The Kier molecular flexibility index (Phi) is 4.57. The van der Waals surface area contributed by atoms with Crippen molar-refractivity contribution in [2.24, 2.45) is 0 Å². The van der Waals surface area contributed by atoms with Gasteiger partial charge in [0.05, 0.1) is 0 Å². The summed E-state index contributed by atoms with van der Waals surface area (Å²) in [6.45, 7) is 4.92. The largest absolute Gasteiger partial charge is 0.465 e. The number of carbonyl (C=O) groups excluding carboxylic acids is 2. The number of hydrogen-bond acceptors (Lipinski definition) is 4. The monoisotopic (exact) mass is 337 g/mol. The maximum Gasteiger partial charge on any atom is 0.342 e. The molecule has 1 N–H and O–H groups in total. The molecule has 0 fully saturated rings. The van der Waals surface area contributed by atoms with E-state index in [9.17, 15) is 9.59 Å². The van der Waals surface area contributed by atoms with Gasteiger partial charge in [-0.25, -0.2) is 4.79 Å². The zero-order valence-corrected chi connectivity index (χ0v) is 14.4. The second-order valence-electron chi connectivity index (χ2n) is 5.87. The molecule has 5 heteroatoms. The third-order valence-electron chi connectivity index (χ3n) is 4.16. The Bertz CT molecular complexity index is 950. The van der Waals surface area contributed by atoms with E-state index in [1.165, 1.54) is 0 Å². The van der Waals surface area contributed by atoms with E-state index in [0.717, 1.165) is 16.3 Å². The Balaban J connectivity index is 1.68. The second-order valence-corrected chi connectivity index (χ2v) is 5.87. The van der Waals surface area contributed by atoms with Gasteiger partial charge in [0.15, 0.2) is 6.61 Å². The van der Waals surface area contributed by atoms with Crippen molar-refractivity contribution in [2.75, 3.05) is 11.9 Å². The molecule has 3 aromatic rings. The Morgan fingerprint density at radius 3 is 2.44 bits per heavy atom. The lowest BCUT2D eigenvalue weighted by Crippen LogP contribution is -2.21. The molecule has 25 heavy (non-hydrogen) atoms. The van der Waals surface area contributed by atoms with Crippen LogP contribution in [0.25, 0.3) is 10.8 Å². The number of aryl methyl sites for hydroxylation is 2. The molecule has 0 aliphatic heterocycles. The molecule has 3 rings (SSSR count). The highest BCUT2D eigenvalue weighted by Gasteiger charge is 2.20. The lowest BCUT2D eigenvalue weighted by Gasteiger charge is -2.09. The number of amides is 1. The van der Waals surface area contributed by atoms with E-state index in [1.54, 1.807) is 20.8 Å². The molecule has 1 heterocycles. The quantitative estimate of drug-likeness (QED) is 0.726. The van der Waals surface area contributed by atoms with E-state index >= 15 is 0 Å². The van der Waals surface area contributed by atoms with Crippen LogP contribution < -0.4 is 5.32 Å². The normalized spacial score (nSPS) is 10.7. The van der Waals surface area contributed by atoms with Crippen LogP contribution >= 0.6 is 0 Å². The van der Waals surface area contributed by atoms with Crippen LogP contribution in [0.1, 0.15) is 27.4 Å². The number of fused-ring (bicyclic) bond motifs is 1. The van der Waals surface area contributed by atoms with Crippen molar-refractivity contribution in [1.29, 1.82) is 0 Å². The smallest absolute Gasteiger partial charge is 0.342 e. The third kappa shape index (κ3) is 3.40. The molecule has 128 valence electrons.